The number of ether oxygens (including phenoxy) is 1. The standard InChI is InChI=1S/C17H19BrClN3O2/c1-22-16(23)15(18)14(10-21-22)20-11-17(5-7-24-8-6-17)12-3-2-4-13(19)9-12/h2-4,9-10,20H,5-8,11H2,1H3. The molecule has 1 aromatic heterocycles. The van der Waals surface area contributed by atoms with Crippen LogP contribution in [0.1, 0.15) is 18.4 Å². The van der Waals surface area contributed by atoms with Crippen LogP contribution in [0.3, 0.4) is 0 Å². The maximum Gasteiger partial charge on any atom is 0.282 e. The first-order valence-corrected chi connectivity index (χ1v) is 8.98. The third-order valence-electron chi connectivity index (χ3n) is 4.58. The molecule has 1 aliphatic rings. The van der Waals surface area contributed by atoms with Crippen LogP contribution in [0, 0.1) is 0 Å². The fraction of sp³-hybridized carbons (Fsp3) is 0.412. The first-order valence-electron chi connectivity index (χ1n) is 7.81. The van der Waals surface area contributed by atoms with Crippen LogP contribution in [-0.4, -0.2) is 29.5 Å². The van der Waals surface area contributed by atoms with E-state index in [1.54, 1.807) is 13.2 Å². The average molecular weight is 413 g/mol. The minimum absolute atomic E-state index is 0.0797. The molecule has 5 nitrogen and oxygen atoms in total. The highest BCUT2D eigenvalue weighted by Crippen LogP contribution is 2.36. The molecular weight excluding hydrogens is 394 g/mol. The van der Waals surface area contributed by atoms with Crippen LogP contribution >= 0.6 is 27.5 Å². The molecule has 0 spiro atoms. The van der Waals surface area contributed by atoms with E-state index >= 15 is 0 Å². The van der Waals surface area contributed by atoms with Gasteiger partial charge in [-0.3, -0.25) is 4.79 Å². The summed E-state index contributed by atoms with van der Waals surface area (Å²) in [6, 6.07) is 7.99. The third-order valence-corrected chi connectivity index (χ3v) is 5.58. The Kier molecular flexibility index (Phi) is 5.27. The number of benzene rings is 1. The topological polar surface area (TPSA) is 56.1 Å². The Bertz CT molecular complexity index is 788. The number of aryl methyl sites for hydroxylation is 1. The summed E-state index contributed by atoms with van der Waals surface area (Å²) in [7, 11) is 1.63. The summed E-state index contributed by atoms with van der Waals surface area (Å²) in [5.74, 6) is 0. The Morgan fingerprint density at radius 2 is 2.17 bits per heavy atom. The van der Waals surface area contributed by atoms with E-state index in [0.717, 1.165) is 17.9 Å². The van der Waals surface area contributed by atoms with Crippen molar-refractivity contribution >= 4 is 33.2 Å². The lowest BCUT2D eigenvalue weighted by Crippen LogP contribution is -2.40. The second-order valence-corrected chi connectivity index (χ2v) is 7.29. The van der Waals surface area contributed by atoms with E-state index in [0.29, 0.717) is 29.9 Å². The van der Waals surface area contributed by atoms with Crippen molar-refractivity contribution in [1.82, 2.24) is 9.78 Å². The van der Waals surface area contributed by atoms with Gasteiger partial charge in [0.2, 0.25) is 0 Å². The van der Waals surface area contributed by atoms with Gasteiger partial charge in [-0.25, -0.2) is 4.68 Å². The maximum absolute atomic E-state index is 12.0. The van der Waals surface area contributed by atoms with Gasteiger partial charge in [0.25, 0.3) is 5.56 Å². The molecule has 2 heterocycles. The summed E-state index contributed by atoms with van der Waals surface area (Å²) in [6.07, 6.45) is 3.46. The molecule has 128 valence electrons. The molecule has 3 rings (SSSR count). The molecule has 1 aromatic carbocycles. The van der Waals surface area contributed by atoms with E-state index < -0.39 is 0 Å². The van der Waals surface area contributed by atoms with Crippen LogP contribution in [0.25, 0.3) is 0 Å². The second kappa shape index (κ2) is 7.25. The van der Waals surface area contributed by atoms with Crippen LogP contribution < -0.4 is 10.9 Å². The Labute approximate surface area is 154 Å². The molecule has 1 N–H and O–H groups in total. The van der Waals surface area contributed by atoms with Crippen LogP contribution in [0.2, 0.25) is 5.02 Å². The fourth-order valence-electron chi connectivity index (χ4n) is 3.05. The molecule has 2 aromatic rings. The van der Waals surface area contributed by atoms with Crippen molar-refractivity contribution in [1.29, 1.82) is 0 Å². The number of nitrogens with zero attached hydrogens (tertiary/aromatic N) is 2. The van der Waals surface area contributed by atoms with Gasteiger partial charge in [0, 0.05) is 37.2 Å². The Hall–Kier alpha value is -1.37. The van der Waals surface area contributed by atoms with Gasteiger partial charge in [-0.15, -0.1) is 0 Å². The second-order valence-electron chi connectivity index (χ2n) is 6.06. The molecule has 1 fully saturated rings. The van der Waals surface area contributed by atoms with Crippen LogP contribution in [-0.2, 0) is 17.2 Å². The minimum atomic E-state index is -0.163. The van der Waals surface area contributed by atoms with E-state index in [-0.39, 0.29) is 11.0 Å². The summed E-state index contributed by atoms with van der Waals surface area (Å²) in [5, 5.41) is 8.20. The summed E-state index contributed by atoms with van der Waals surface area (Å²) < 4.78 is 7.35. The van der Waals surface area contributed by atoms with Gasteiger partial charge in [-0.05, 0) is 46.5 Å². The number of hydrogen-bond acceptors (Lipinski definition) is 4. The SMILES string of the molecule is Cn1ncc(NCC2(c3cccc(Cl)c3)CCOCC2)c(Br)c1=O. The van der Waals surface area contributed by atoms with E-state index in [1.165, 1.54) is 10.2 Å². The third kappa shape index (κ3) is 3.50. The molecule has 0 atom stereocenters. The predicted molar refractivity (Wildman–Crippen MR) is 98.9 cm³/mol. The maximum atomic E-state index is 12.0. The van der Waals surface area contributed by atoms with Gasteiger partial charge in [0.05, 0.1) is 11.9 Å². The van der Waals surface area contributed by atoms with E-state index in [9.17, 15) is 4.79 Å². The monoisotopic (exact) mass is 411 g/mol. The molecule has 1 saturated heterocycles. The lowest BCUT2D eigenvalue weighted by Gasteiger charge is -2.38. The van der Waals surface area contributed by atoms with Gasteiger partial charge in [0.1, 0.15) is 4.47 Å². The van der Waals surface area contributed by atoms with Gasteiger partial charge >= 0.3 is 0 Å². The molecule has 0 amide bonds. The van der Waals surface area contributed by atoms with Crippen LogP contribution in [0.15, 0.2) is 39.7 Å². The minimum Gasteiger partial charge on any atom is -0.382 e. The summed E-state index contributed by atoms with van der Waals surface area (Å²) in [6.45, 7) is 2.11. The van der Waals surface area contributed by atoms with Crippen molar-refractivity contribution < 1.29 is 4.74 Å². The largest absolute Gasteiger partial charge is 0.382 e. The van der Waals surface area contributed by atoms with Crippen LogP contribution in [0.4, 0.5) is 5.69 Å². The fourth-order valence-corrected chi connectivity index (χ4v) is 3.74. The molecule has 0 aliphatic carbocycles. The molecule has 0 unspecified atom stereocenters. The Balaban J connectivity index is 1.88. The number of rotatable bonds is 4. The lowest BCUT2D eigenvalue weighted by atomic mass is 9.74. The quantitative estimate of drug-likeness (QED) is 0.837. The average Bonchev–Trinajstić information content (AvgIpc) is 2.60. The molecule has 1 aliphatic heterocycles. The number of aromatic nitrogens is 2. The predicted octanol–water partition coefficient (Wildman–Crippen LogP) is 3.36. The summed E-state index contributed by atoms with van der Waals surface area (Å²) in [4.78, 5) is 12.0. The van der Waals surface area contributed by atoms with Gasteiger partial charge in [-0.2, -0.15) is 5.10 Å². The van der Waals surface area contributed by atoms with Gasteiger partial charge < -0.3 is 10.1 Å². The van der Waals surface area contributed by atoms with Crippen molar-refractivity contribution in [2.75, 3.05) is 25.1 Å². The summed E-state index contributed by atoms with van der Waals surface area (Å²) in [5.41, 5.74) is 1.65. The van der Waals surface area contributed by atoms with Gasteiger partial charge in [0.15, 0.2) is 0 Å². The molecule has 0 saturated carbocycles. The number of hydrogen-bond donors (Lipinski definition) is 1. The number of nitrogens with one attached hydrogen (secondary N) is 1. The van der Waals surface area contributed by atoms with Crippen LogP contribution in [0.5, 0.6) is 0 Å². The molecule has 0 radical (unpaired) electrons. The van der Waals surface area contributed by atoms with Crippen molar-refractivity contribution in [3.05, 3.63) is 55.9 Å². The van der Waals surface area contributed by atoms with E-state index in [2.05, 4.69) is 32.4 Å². The van der Waals surface area contributed by atoms with Crippen molar-refractivity contribution in [2.24, 2.45) is 7.05 Å². The zero-order valence-corrected chi connectivity index (χ0v) is 15.7. The molecule has 7 heteroatoms. The Morgan fingerprint density at radius 1 is 1.42 bits per heavy atom. The van der Waals surface area contributed by atoms with Gasteiger partial charge in [-0.1, -0.05) is 23.7 Å². The van der Waals surface area contributed by atoms with Crippen molar-refractivity contribution in [3.63, 3.8) is 0 Å². The number of halogens is 2. The highest BCUT2D eigenvalue weighted by molar-refractivity contribution is 9.10. The highest BCUT2D eigenvalue weighted by atomic mass is 79.9. The molecule has 0 bridgehead atoms. The smallest absolute Gasteiger partial charge is 0.282 e. The highest BCUT2D eigenvalue weighted by Gasteiger charge is 2.34. The zero-order chi connectivity index (χ0) is 17.2. The summed E-state index contributed by atoms with van der Waals surface area (Å²) >= 11 is 9.55. The normalized spacial score (nSPS) is 16.8. The Morgan fingerprint density at radius 3 is 2.88 bits per heavy atom. The van der Waals surface area contributed by atoms with Crippen molar-refractivity contribution in [2.45, 2.75) is 18.3 Å². The zero-order valence-electron chi connectivity index (χ0n) is 13.4. The molecular formula is C17H19BrClN3O2. The molecule has 24 heavy (non-hydrogen) atoms. The lowest BCUT2D eigenvalue weighted by molar-refractivity contribution is 0.0544. The van der Waals surface area contributed by atoms with E-state index in [1.807, 2.05) is 18.2 Å². The van der Waals surface area contributed by atoms with Crippen molar-refractivity contribution in [3.8, 4) is 0 Å². The first kappa shape index (κ1) is 17.5. The number of anilines is 1. The first-order chi connectivity index (χ1) is 11.5. The van der Waals surface area contributed by atoms with E-state index in [4.69, 9.17) is 16.3 Å².